The number of hydrogen-bond acceptors (Lipinski definition) is 5. The minimum Gasteiger partial charge on any atom is -0.387 e. The maximum absolute atomic E-state index is 12.9. The zero-order valence-electron chi connectivity index (χ0n) is 41.2. The van der Waals surface area contributed by atoms with E-state index in [1.54, 1.807) is 6.08 Å². The molecule has 3 N–H and O–H groups in total. The summed E-state index contributed by atoms with van der Waals surface area (Å²) in [6, 6.07) is -0.874. The van der Waals surface area contributed by atoms with Gasteiger partial charge < -0.3 is 19.8 Å². The Labute approximate surface area is 393 Å². The SMILES string of the molecule is CC/C=C\C/C=C\C/C=C\C/C=C\C/C=C\C/C=C\C/C=C\C/C=C\CCCCCCCCCCC(=O)NC(COP(=O)(O)OCC[N+](C)(C)C)C(O)/C=C/CC/C=C/CCCCC. The van der Waals surface area contributed by atoms with Crippen LogP contribution in [0, 0.1) is 0 Å². The van der Waals surface area contributed by atoms with Crippen molar-refractivity contribution in [3.8, 4) is 0 Å². The van der Waals surface area contributed by atoms with Crippen LogP contribution in [0.25, 0.3) is 0 Å². The average Bonchev–Trinajstić information content (AvgIpc) is 3.25. The van der Waals surface area contributed by atoms with Crippen molar-refractivity contribution in [3.05, 3.63) is 122 Å². The lowest BCUT2D eigenvalue weighted by Crippen LogP contribution is -2.45. The largest absolute Gasteiger partial charge is 0.472 e. The van der Waals surface area contributed by atoms with Crippen molar-refractivity contribution in [1.29, 1.82) is 0 Å². The molecule has 364 valence electrons. The lowest BCUT2D eigenvalue weighted by atomic mass is 10.1. The molecule has 64 heavy (non-hydrogen) atoms. The first-order chi connectivity index (χ1) is 31.0. The summed E-state index contributed by atoms with van der Waals surface area (Å²) >= 11 is 0. The third-order valence-electron chi connectivity index (χ3n) is 10.2. The fourth-order valence-corrected chi connectivity index (χ4v) is 6.98. The quantitative estimate of drug-likeness (QED) is 0.0244. The van der Waals surface area contributed by atoms with Crippen LogP contribution in [0.4, 0.5) is 0 Å². The molecule has 0 saturated heterocycles. The van der Waals surface area contributed by atoms with Crippen LogP contribution in [0.15, 0.2) is 122 Å². The van der Waals surface area contributed by atoms with Gasteiger partial charge in [0.1, 0.15) is 13.2 Å². The molecule has 0 radical (unpaired) electrons. The first-order valence-corrected chi connectivity index (χ1v) is 26.4. The van der Waals surface area contributed by atoms with Gasteiger partial charge in [0.15, 0.2) is 0 Å². The van der Waals surface area contributed by atoms with Gasteiger partial charge >= 0.3 is 7.82 Å². The van der Waals surface area contributed by atoms with Crippen LogP contribution in [0.2, 0.25) is 0 Å². The number of nitrogens with zero attached hydrogens (tertiary/aromatic N) is 1. The lowest BCUT2D eigenvalue weighted by Gasteiger charge is -2.25. The fourth-order valence-electron chi connectivity index (χ4n) is 6.25. The van der Waals surface area contributed by atoms with E-state index in [2.05, 4.69) is 129 Å². The summed E-state index contributed by atoms with van der Waals surface area (Å²) in [5.74, 6) is -0.205. The van der Waals surface area contributed by atoms with Gasteiger partial charge in [-0.25, -0.2) is 4.57 Å². The highest BCUT2D eigenvalue weighted by molar-refractivity contribution is 7.47. The molecule has 0 heterocycles. The van der Waals surface area contributed by atoms with Gasteiger partial charge in [0.2, 0.25) is 5.91 Å². The molecular weight excluding hydrogens is 816 g/mol. The Morgan fingerprint density at radius 1 is 0.547 bits per heavy atom. The molecule has 3 unspecified atom stereocenters. The van der Waals surface area contributed by atoms with Crippen LogP contribution < -0.4 is 5.32 Å². The highest BCUT2D eigenvalue weighted by Gasteiger charge is 2.27. The van der Waals surface area contributed by atoms with E-state index in [0.717, 1.165) is 103 Å². The number of rotatable bonds is 43. The Morgan fingerprint density at radius 3 is 1.44 bits per heavy atom. The molecule has 8 nitrogen and oxygen atoms in total. The summed E-state index contributed by atoms with van der Waals surface area (Å²) in [5.41, 5.74) is 0. The molecule has 0 aliphatic heterocycles. The number of allylic oxidation sites excluding steroid dienone is 19. The highest BCUT2D eigenvalue weighted by atomic mass is 31.2. The van der Waals surface area contributed by atoms with Crippen molar-refractivity contribution in [2.24, 2.45) is 0 Å². The van der Waals surface area contributed by atoms with E-state index < -0.39 is 20.0 Å². The summed E-state index contributed by atoms with van der Waals surface area (Å²) in [5, 5.41) is 13.7. The van der Waals surface area contributed by atoms with Gasteiger partial charge in [0.05, 0.1) is 39.9 Å². The summed E-state index contributed by atoms with van der Waals surface area (Å²) < 4.78 is 23.5. The number of hydrogen-bond donors (Lipinski definition) is 3. The number of aliphatic hydroxyl groups excluding tert-OH is 1. The van der Waals surface area contributed by atoms with Crippen LogP contribution in [0.5, 0.6) is 0 Å². The van der Waals surface area contributed by atoms with E-state index in [1.165, 1.54) is 44.9 Å². The van der Waals surface area contributed by atoms with E-state index in [4.69, 9.17) is 9.05 Å². The molecule has 0 spiro atoms. The van der Waals surface area contributed by atoms with E-state index in [-0.39, 0.29) is 19.1 Å². The number of unbranched alkanes of at least 4 members (excludes halogenated alkanes) is 12. The molecule has 0 fully saturated rings. The second kappa shape index (κ2) is 45.1. The summed E-state index contributed by atoms with van der Waals surface area (Å²) in [7, 11) is 1.52. The second-order valence-corrected chi connectivity index (χ2v) is 18.9. The zero-order chi connectivity index (χ0) is 47.1. The molecule has 0 aromatic carbocycles. The topological polar surface area (TPSA) is 105 Å². The van der Waals surface area contributed by atoms with Crippen molar-refractivity contribution in [2.75, 3.05) is 40.9 Å². The van der Waals surface area contributed by atoms with Crippen molar-refractivity contribution in [1.82, 2.24) is 5.32 Å². The molecule has 1 amide bonds. The Kier molecular flexibility index (Phi) is 42.9. The summed E-state index contributed by atoms with van der Waals surface area (Å²) in [6.45, 7) is 4.58. The minimum atomic E-state index is -4.35. The number of carbonyl (C=O) groups excluding carboxylic acids is 1. The molecule has 0 aromatic rings. The number of quaternary nitrogens is 1. The average molecular weight is 910 g/mol. The normalized spacial score (nSPS) is 15.2. The first-order valence-electron chi connectivity index (χ1n) is 24.9. The van der Waals surface area contributed by atoms with Gasteiger partial charge in [-0.2, -0.15) is 0 Å². The lowest BCUT2D eigenvalue weighted by molar-refractivity contribution is -0.870. The van der Waals surface area contributed by atoms with Crippen LogP contribution >= 0.6 is 7.82 Å². The number of carbonyl (C=O) groups is 1. The highest BCUT2D eigenvalue weighted by Crippen LogP contribution is 2.43. The van der Waals surface area contributed by atoms with Crippen LogP contribution in [0.1, 0.15) is 168 Å². The molecule has 0 saturated carbocycles. The van der Waals surface area contributed by atoms with E-state index in [1.807, 2.05) is 27.2 Å². The van der Waals surface area contributed by atoms with Crippen molar-refractivity contribution in [3.63, 3.8) is 0 Å². The van der Waals surface area contributed by atoms with Crippen molar-refractivity contribution < 1.29 is 32.9 Å². The van der Waals surface area contributed by atoms with Crippen molar-refractivity contribution in [2.45, 2.75) is 180 Å². The van der Waals surface area contributed by atoms with E-state index >= 15 is 0 Å². The van der Waals surface area contributed by atoms with Gasteiger partial charge in [0, 0.05) is 6.42 Å². The number of aliphatic hydroxyl groups is 1. The van der Waals surface area contributed by atoms with Crippen molar-refractivity contribution >= 4 is 13.7 Å². The Hall–Kier alpha value is -3.10. The maximum atomic E-state index is 12.9. The number of amides is 1. The molecule has 3 atom stereocenters. The van der Waals surface area contributed by atoms with Gasteiger partial charge in [-0.3, -0.25) is 13.8 Å². The third kappa shape index (κ3) is 46.9. The molecule has 0 bridgehead atoms. The standard InChI is InChI=1S/C55H93N2O6P/c1-6-8-10-12-14-16-17-18-19-20-21-22-23-24-25-26-27-28-29-30-31-32-33-34-35-36-37-38-39-41-43-45-47-49-55(59)56-53(52-63-64(60,61)62-51-50-57(3,4)5)54(58)48-46-44-42-40-15-13-11-9-7-2/h8,10,14-16,18-19,21-22,24-25,27-28,30-31,33-34,40,46,48,53-54,58H,6-7,9,11-13,17,20,23,26,29,32,35-39,41-45,47,49-52H2,1-5H3,(H-,56,59,60,61)/p+1/b10-8-,16-14-,19-18-,22-21-,25-24-,28-27-,31-30-,34-33-,40-15+,48-46+. The van der Waals surface area contributed by atoms with Gasteiger partial charge in [-0.15, -0.1) is 0 Å². The molecule has 0 aromatic heterocycles. The van der Waals surface area contributed by atoms with E-state index in [0.29, 0.717) is 17.4 Å². The van der Waals surface area contributed by atoms with Crippen LogP contribution in [-0.2, 0) is 18.4 Å². The monoisotopic (exact) mass is 910 g/mol. The Morgan fingerprint density at radius 2 is 0.953 bits per heavy atom. The minimum absolute atomic E-state index is 0.0474. The molecule has 0 rings (SSSR count). The van der Waals surface area contributed by atoms with Gasteiger partial charge in [0.25, 0.3) is 0 Å². The first kappa shape index (κ1) is 60.9. The summed E-state index contributed by atoms with van der Waals surface area (Å²) in [4.78, 5) is 23.1. The molecule has 0 aliphatic rings. The predicted molar refractivity (Wildman–Crippen MR) is 276 cm³/mol. The number of phosphoric acid groups is 1. The fraction of sp³-hybridized carbons (Fsp3) is 0.618. The smallest absolute Gasteiger partial charge is 0.387 e. The maximum Gasteiger partial charge on any atom is 0.472 e. The van der Waals surface area contributed by atoms with Crippen LogP contribution in [0.3, 0.4) is 0 Å². The number of likely N-dealkylation sites (N-methyl/N-ethyl adjacent to an activating group) is 1. The van der Waals surface area contributed by atoms with E-state index in [9.17, 15) is 19.4 Å². The third-order valence-corrected chi connectivity index (χ3v) is 11.1. The zero-order valence-corrected chi connectivity index (χ0v) is 42.1. The number of phosphoric ester groups is 1. The van der Waals surface area contributed by atoms with Gasteiger partial charge in [-0.1, -0.05) is 187 Å². The van der Waals surface area contributed by atoms with Gasteiger partial charge in [-0.05, 0) is 96.3 Å². The second-order valence-electron chi connectivity index (χ2n) is 17.4. The number of nitrogens with one attached hydrogen (secondary N) is 1. The molecule has 0 aliphatic carbocycles. The summed E-state index contributed by atoms with van der Waals surface area (Å²) in [6.07, 6.45) is 67.3. The Balaban J connectivity index is 4.16. The Bertz CT molecular complexity index is 1450. The molecular formula is C55H94N2O6P+. The van der Waals surface area contributed by atoms with Crippen LogP contribution in [-0.4, -0.2) is 73.4 Å². The predicted octanol–water partition coefficient (Wildman–Crippen LogP) is 14.6. The molecule has 9 heteroatoms.